The fraction of sp³-hybridized carbons (Fsp3) is 0.0833. The quantitative estimate of drug-likeness (QED) is 0.690. The molecular formula is C12H9BrFN3O2. The van der Waals surface area contributed by atoms with Crippen molar-refractivity contribution in [1.29, 1.82) is 0 Å². The third-order valence-electron chi connectivity index (χ3n) is 2.43. The zero-order valence-corrected chi connectivity index (χ0v) is 11.2. The summed E-state index contributed by atoms with van der Waals surface area (Å²) in [5.74, 6) is -0.528. The van der Waals surface area contributed by atoms with Gasteiger partial charge in [0, 0.05) is 17.1 Å². The lowest BCUT2D eigenvalue weighted by molar-refractivity contribution is -0.389. The highest BCUT2D eigenvalue weighted by Gasteiger charge is 2.07. The summed E-state index contributed by atoms with van der Waals surface area (Å²) in [6.07, 6.45) is 1.37. The minimum Gasteiger partial charge on any atom is -0.378 e. The molecule has 0 aliphatic rings. The molecule has 1 aromatic carbocycles. The average Bonchev–Trinajstić information content (AvgIpc) is 2.40. The van der Waals surface area contributed by atoms with E-state index in [1.807, 2.05) is 0 Å². The van der Waals surface area contributed by atoms with Crippen molar-refractivity contribution >= 4 is 27.4 Å². The maximum absolute atomic E-state index is 13.1. The molecule has 0 fully saturated rings. The first kappa shape index (κ1) is 13.4. The Morgan fingerprint density at radius 1 is 1.37 bits per heavy atom. The number of nitro groups is 1. The van der Waals surface area contributed by atoms with Crippen LogP contribution >= 0.6 is 15.9 Å². The van der Waals surface area contributed by atoms with Crippen molar-refractivity contribution in [2.24, 2.45) is 0 Å². The van der Waals surface area contributed by atoms with Crippen molar-refractivity contribution < 1.29 is 9.31 Å². The summed E-state index contributed by atoms with van der Waals surface area (Å²) < 4.78 is 13.9. The first-order valence-corrected chi connectivity index (χ1v) is 6.14. The van der Waals surface area contributed by atoms with E-state index in [0.29, 0.717) is 12.2 Å². The van der Waals surface area contributed by atoms with Crippen LogP contribution in [0.2, 0.25) is 0 Å². The third-order valence-corrected chi connectivity index (χ3v) is 3.20. The molecule has 0 amide bonds. The number of rotatable bonds is 4. The van der Waals surface area contributed by atoms with Crippen molar-refractivity contribution in [1.82, 2.24) is 4.98 Å². The van der Waals surface area contributed by atoms with Gasteiger partial charge in [-0.1, -0.05) is 15.9 Å². The van der Waals surface area contributed by atoms with Gasteiger partial charge in [0.2, 0.25) is 0 Å². The minimum atomic E-state index is -0.563. The van der Waals surface area contributed by atoms with Gasteiger partial charge in [-0.2, -0.15) is 0 Å². The van der Waals surface area contributed by atoms with Gasteiger partial charge in [0.25, 0.3) is 0 Å². The van der Waals surface area contributed by atoms with Crippen LogP contribution in [0, 0.1) is 15.9 Å². The predicted molar refractivity (Wildman–Crippen MR) is 72.3 cm³/mol. The number of benzene rings is 1. The Bertz CT molecular complexity index is 604. The summed E-state index contributed by atoms with van der Waals surface area (Å²) in [5, 5.41) is 13.5. The van der Waals surface area contributed by atoms with Crippen molar-refractivity contribution in [3.8, 4) is 0 Å². The van der Waals surface area contributed by atoms with Gasteiger partial charge in [0.15, 0.2) is 6.20 Å². The van der Waals surface area contributed by atoms with Crippen LogP contribution in [0.1, 0.15) is 5.56 Å². The Kier molecular flexibility index (Phi) is 4.06. The molecule has 0 aliphatic carbocycles. The van der Waals surface area contributed by atoms with Gasteiger partial charge in [0.05, 0.1) is 5.69 Å². The number of anilines is 1. The highest BCUT2D eigenvalue weighted by atomic mass is 79.9. The van der Waals surface area contributed by atoms with Crippen LogP contribution in [0.25, 0.3) is 0 Å². The summed E-state index contributed by atoms with van der Waals surface area (Å²) >= 11 is 3.32. The summed E-state index contributed by atoms with van der Waals surface area (Å²) in [6.45, 7) is 0.387. The summed E-state index contributed by atoms with van der Waals surface area (Å²) in [5.41, 5.74) is 1.38. The molecule has 0 bridgehead atoms. The van der Waals surface area contributed by atoms with Gasteiger partial charge >= 0.3 is 5.82 Å². The largest absolute Gasteiger partial charge is 0.378 e. The fourth-order valence-corrected chi connectivity index (χ4v) is 1.86. The van der Waals surface area contributed by atoms with Crippen molar-refractivity contribution in [2.75, 3.05) is 5.32 Å². The Balaban J connectivity index is 2.06. The second kappa shape index (κ2) is 5.75. The first-order chi connectivity index (χ1) is 9.06. The molecular weight excluding hydrogens is 317 g/mol. The molecule has 0 aliphatic heterocycles. The lowest BCUT2D eigenvalue weighted by Crippen LogP contribution is -2.01. The molecule has 0 spiro atoms. The smallest absolute Gasteiger partial charge is 0.363 e. The zero-order valence-electron chi connectivity index (χ0n) is 9.64. The molecule has 2 rings (SSSR count). The van der Waals surface area contributed by atoms with E-state index >= 15 is 0 Å². The number of halogens is 2. The monoisotopic (exact) mass is 325 g/mol. The SMILES string of the molecule is O=[N+]([O-])c1ccc(NCc2cc(F)ccc2Br)cn1. The summed E-state index contributed by atoms with van der Waals surface area (Å²) in [7, 11) is 0. The van der Waals surface area contributed by atoms with Gasteiger partial charge in [-0.3, -0.25) is 0 Å². The second-order valence-corrected chi connectivity index (χ2v) is 4.61. The van der Waals surface area contributed by atoms with Crippen molar-refractivity contribution in [3.63, 3.8) is 0 Å². The van der Waals surface area contributed by atoms with Gasteiger partial charge < -0.3 is 15.4 Å². The number of aromatic nitrogens is 1. The van der Waals surface area contributed by atoms with E-state index in [-0.39, 0.29) is 11.6 Å². The standard InChI is InChI=1S/C12H9BrFN3O2/c13-11-3-1-9(14)5-8(11)6-15-10-2-4-12(16-7-10)17(18)19/h1-5,7,15H,6H2. The zero-order chi connectivity index (χ0) is 13.8. The molecule has 19 heavy (non-hydrogen) atoms. The highest BCUT2D eigenvalue weighted by Crippen LogP contribution is 2.19. The molecule has 0 unspecified atom stereocenters. The van der Waals surface area contributed by atoms with Crippen molar-refractivity contribution in [2.45, 2.75) is 6.54 Å². The van der Waals surface area contributed by atoms with E-state index in [9.17, 15) is 14.5 Å². The molecule has 2 aromatic rings. The summed E-state index contributed by atoms with van der Waals surface area (Å²) in [4.78, 5) is 13.6. The van der Waals surface area contributed by atoms with E-state index in [0.717, 1.165) is 10.0 Å². The van der Waals surface area contributed by atoms with Crippen LogP contribution in [-0.4, -0.2) is 9.91 Å². The fourth-order valence-electron chi connectivity index (χ4n) is 1.47. The molecule has 0 saturated carbocycles. The van der Waals surface area contributed by atoms with Gasteiger partial charge in [-0.15, -0.1) is 0 Å². The second-order valence-electron chi connectivity index (χ2n) is 3.75. The van der Waals surface area contributed by atoms with Gasteiger partial charge in [0.1, 0.15) is 5.82 Å². The van der Waals surface area contributed by atoms with Gasteiger partial charge in [-0.25, -0.2) is 4.39 Å². The third kappa shape index (κ3) is 3.47. The topological polar surface area (TPSA) is 68.1 Å². The minimum absolute atomic E-state index is 0.211. The number of nitrogens with zero attached hydrogens (tertiary/aromatic N) is 2. The maximum atomic E-state index is 13.1. The lowest BCUT2D eigenvalue weighted by atomic mass is 10.2. The maximum Gasteiger partial charge on any atom is 0.363 e. The molecule has 1 heterocycles. The number of nitrogens with one attached hydrogen (secondary N) is 1. The Morgan fingerprint density at radius 3 is 2.79 bits per heavy atom. The van der Waals surface area contributed by atoms with E-state index in [4.69, 9.17) is 0 Å². The van der Waals surface area contributed by atoms with E-state index in [1.54, 1.807) is 12.1 Å². The van der Waals surface area contributed by atoms with E-state index < -0.39 is 4.92 Å². The van der Waals surface area contributed by atoms with E-state index in [1.165, 1.54) is 24.4 Å². The molecule has 1 N–H and O–H groups in total. The number of pyridine rings is 1. The molecule has 0 saturated heterocycles. The van der Waals surface area contributed by atoms with E-state index in [2.05, 4.69) is 26.2 Å². The molecule has 1 aromatic heterocycles. The van der Waals surface area contributed by atoms with Crippen LogP contribution in [0.15, 0.2) is 41.0 Å². The molecule has 98 valence electrons. The predicted octanol–water partition coefficient (Wildman–Crippen LogP) is 3.50. The normalized spacial score (nSPS) is 10.2. The van der Waals surface area contributed by atoms with Crippen molar-refractivity contribution in [3.05, 3.63) is 62.5 Å². The molecule has 0 atom stereocenters. The Hall–Kier alpha value is -2.02. The number of hydrogen-bond acceptors (Lipinski definition) is 4. The van der Waals surface area contributed by atoms with Crippen LogP contribution in [-0.2, 0) is 6.54 Å². The van der Waals surface area contributed by atoms with Crippen LogP contribution in [0.5, 0.6) is 0 Å². The summed E-state index contributed by atoms with van der Waals surface area (Å²) in [6, 6.07) is 7.26. The Labute approximate surface area is 116 Å². The highest BCUT2D eigenvalue weighted by molar-refractivity contribution is 9.10. The number of hydrogen-bond donors (Lipinski definition) is 1. The van der Waals surface area contributed by atoms with Crippen LogP contribution in [0.3, 0.4) is 0 Å². The lowest BCUT2D eigenvalue weighted by Gasteiger charge is -2.07. The molecule has 7 heteroatoms. The van der Waals surface area contributed by atoms with Gasteiger partial charge in [-0.05, 0) is 39.7 Å². The van der Waals surface area contributed by atoms with Crippen LogP contribution in [0.4, 0.5) is 15.9 Å². The first-order valence-electron chi connectivity index (χ1n) is 5.34. The molecule has 5 nitrogen and oxygen atoms in total. The molecule has 0 radical (unpaired) electrons. The van der Waals surface area contributed by atoms with Crippen LogP contribution < -0.4 is 5.32 Å². The average molecular weight is 326 g/mol. The Morgan fingerprint density at radius 2 is 2.16 bits per heavy atom.